The number of hydrogen-bond donors (Lipinski definition) is 1. The average Bonchev–Trinajstić information content (AvgIpc) is 2.12. The van der Waals surface area contributed by atoms with E-state index in [-0.39, 0.29) is 5.91 Å². The molecule has 2 N–H and O–H groups in total. The van der Waals surface area contributed by atoms with Crippen molar-refractivity contribution in [1.82, 2.24) is 4.90 Å². The molecule has 3 nitrogen and oxygen atoms in total. The predicted octanol–water partition coefficient (Wildman–Crippen LogP) is 1.37. The highest BCUT2D eigenvalue weighted by Crippen LogP contribution is 2.00. The summed E-state index contributed by atoms with van der Waals surface area (Å²) in [6.45, 7) is 6.30. The van der Waals surface area contributed by atoms with E-state index < -0.39 is 0 Å². The second-order valence-corrected chi connectivity index (χ2v) is 3.27. The minimum Gasteiger partial charge on any atom is -0.341 e. The van der Waals surface area contributed by atoms with Crippen LogP contribution in [-0.4, -0.2) is 30.4 Å². The van der Waals surface area contributed by atoms with Gasteiger partial charge >= 0.3 is 0 Å². The number of carbonyl (C=O) groups is 1. The lowest BCUT2D eigenvalue weighted by atomic mass is 10.2. The molecule has 0 aromatic rings. The van der Waals surface area contributed by atoms with Gasteiger partial charge in [0.25, 0.3) is 0 Å². The number of unbranched alkanes of at least 4 members (excludes halogenated alkanes) is 1. The van der Waals surface area contributed by atoms with Gasteiger partial charge in [-0.25, -0.2) is 0 Å². The Kier molecular flexibility index (Phi) is 7.69. The fraction of sp³-hybridized carbons (Fsp3) is 0.900. The van der Waals surface area contributed by atoms with Crippen LogP contribution in [0.5, 0.6) is 0 Å². The lowest BCUT2D eigenvalue weighted by Gasteiger charge is -2.21. The van der Waals surface area contributed by atoms with Gasteiger partial charge in [0.1, 0.15) is 0 Å². The molecule has 0 aromatic heterocycles. The van der Waals surface area contributed by atoms with Gasteiger partial charge in [-0.2, -0.15) is 0 Å². The summed E-state index contributed by atoms with van der Waals surface area (Å²) in [6, 6.07) is 0. The van der Waals surface area contributed by atoms with E-state index in [0.29, 0.717) is 19.5 Å². The molecule has 0 fully saturated rings. The van der Waals surface area contributed by atoms with Crippen molar-refractivity contribution in [2.45, 2.75) is 39.5 Å². The molecule has 0 aliphatic heterocycles. The fourth-order valence-electron chi connectivity index (χ4n) is 1.24. The highest BCUT2D eigenvalue weighted by atomic mass is 16.2. The summed E-state index contributed by atoms with van der Waals surface area (Å²) in [6.07, 6.45) is 3.78. The Balaban J connectivity index is 3.83. The second kappa shape index (κ2) is 8.05. The molecule has 0 heterocycles. The molecule has 1 amide bonds. The SMILES string of the molecule is CCCCN(CCN)C(=O)CCC. The zero-order valence-electron chi connectivity index (χ0n) is 8.88. The summed E-state index contributed by atoms with van der Waals surface area (Å²) in [4.78, 5) is 13.4. The molecule has 78 valence electrons. The van der Waals surface area contributed by atoms with Gasteiger partial charge in [-0.05, 0) is 12.8 Å². The molecular weight excluding hydrogens is 164 g/mol. The van der Waals surface area contributed by atoms with Crippen molar-refractivity contribution in [1.29, 1.82) is 0 Å². The molecule has 0 unspecified atom stereocenters. The number of nitrogens with zero attached hydrogens (tertiary/aromatic N) is 1. The van der Waals surface area contributed by atoms with Crippen molar-refractivity contribution < 1.29 is 4.79 Å². The smallest absolute Gasteiger partial charge is 0.222 e. The van der Waals surface area contributed by atoms with Crippen LogP contribution in [0.4, 0.5) is 0 Å². The first kappa shape index (κ1) is 12.4. The Morgan fingerprint density at radius 2 is 1.92 bits per heavy atom. The van der Waals surface area contributed by atoms with Crippen LogP contribution in [0.25, 0.3) is 0 Å². The van der Waals surface area contributed by atoms with Gasteiger partial charge in [0.2, 0.25) is 5.91 Å². The number of nitrogens with two attached hydrogens (primary N) is 1. The highest BCUT2D eigenvalue weighted by molar-refractivity contribution is 5.76. The molecule has 3 heteroatoms. The number of rotatable bonds is 7. The van der Waals surface area contributed by atoms with Crippen molar-refractivity contribution in [2.75, 3.05) is 19.6 Å². The molecule has 0 bridgehead atoms. The van der Waals surface area contributed by atoms with Gasteiger partial charge < -0.3 is 10.6 Å². The van der Waals surface area contributed by atoms with Crippen LogP contribution in [0.2, 0.25) is 0 Å². The van der Waals surface area contributed by atoms with Crippen molar-refractivity contribution >= 4 is 5.91 Å². The third-order valence-electron chi connectivity index (χ3n) is 2.00. The van der Waals surface area contributed by atoms with Gasteiger partial charge in [-0.15, -0.1) is 0 Å². The zero-order chi connectivity index (χ0) is 10.1. The maximum Gasteiger partial charge on any atom is 0.222 e. The summed E-state index contributed by atoms with van der Waals surface area (Å²) in [5.74, 6) is 0.251. The Morgan fingerprint density at radius 1 is 1.23 bits per heavy atom. The van der Waals surface area contributed by atoms with Crippen LogP contribution < -0.4 is 5.73 Å². The monoisotopic (exact) mass is 186 g/mol. The van der Waals surface area contributed by atoms with Crippen LogP contribution >= 0.6 is 0 Å². The lowest BCUT2D eigenvalue weighted by Crippen LogP contribution is -2.35. The van der Waals surface area contributed by atoms with Crippen molar-refractivity contribution in [3.8, 4) is 0 Å². The Bertz CT molecular complexity index is 137. The summed E-state index contributed by atoms with van der Waals surface area (Å²) in [7, 11) is 0. The average molecular weight is 186 g/mol. The molecule has 0 radical (unpaired) electrons. The zero-order valence-corrected chi connectivity index (χ0v) is 8.88. The highest BCUT2D eigenvalue weighted by Gasteiger charge is 2.09. The maximum absolute atomic E-state index is 11.5. The summed E-state index contributed by atoms with van der Waals surface area (Å²) >= 11 is 0. The molecule has 0 saturated heterocycles. The van der Waals surface area contributed by atoms with Gasteiger partial charge in [-0.3, -0.25) is 4.79 Å². The van der Waals surface area contributed by atoms with E-state index in [0.717, 1.165) is 25.8 Å². The van der Waals surface area contributed by atoms with E-state index in [1.54, 1.807) is 0 Å². The molecular formula is C10H22N2O. The number of amides is 1. The largest absolute Gasteiger partial charge is 0.341 e. The summed E-state index contributed by atoms with van der Waals surface area (Å²) in [5.41, 5.74) is 5.44. The molecule has 0 aliphatic rings. The number of hydrogen-bond acceptors (Lipinski definition) is 2. The summed E-state index contributed by atoms with van der Waals surface area (Å²) < 4.78 is 0. The molecule has 0 aromatic carbocycles. The van der Waals surface area contributed by atoms with Gasteiger partial charge in [0.15, 0.2) is 0 Å². The van der Waals surface area contributed by atoms with Crippen LogP contribution in [0.15, 0.2) is 0 Å². The van der Waals surface area contributed by atoms with Crippen LogP contribution in [0.3, 0.4) is 0 Å². The quantitative estimate of drug-likeness (QED) is 0.653. The predicted molar refractivity (Wildman–Crippen MR) is 55.5 cm³/mol. The normalized spacial score (nSPS) is 10.1. The minimum absolute atomic E-state index is 0.251. The van der Waals surface area contributed by atoms with Gasteiger partial charge in [-0.1, -0.05) is 20.3 Å². The molecule has 13 heavy (non-hydrogen) atoms. The van der Waals surface area contributed by atoms with Gasteiger partial charge in [0, 0.05) is 26.1 Å². The topological polar surface area (TPSA) is 46.3 Å². The summed E-state index contributed by atoms with van der Waals surface area (Å²) in [5, 5.41) is 0. The molecule has 0 aliphatic carbocycles. The molecule has 0 spiro atoms. The van der Waals surface area contributed by atoms with Gasteiger partial charge in [0.05, 0.1) is 0 Å². The Labute approximate surface area is 81.3 Å². The van der Waals surface area contributed by atoms with E-state index >= 15 is 0 Å². The molecule has 0 saturated carbocycles. The molecule has 0 rings (SSSR count). The third kappa shape index (κ3) is 5.64. The van der Waals surface area contributed by atoms with Crippen molar-refractivity contribution in [3.05, 3.63) is 0 Å². The molecule has 0 atom stereocenters. The number of carbonyl (C=O) groups excluding carboxylic acids is 1. The fourth-order valence-corrected chi connectivity index (χ4v) is 1.24. The maximum atomic E-state index is 11.5. The van der Waals surface area contributed by atoms with E-state index in [1.165, 1.54) is 0 Å². The van der Waals surface area contributed by atoms with Crippen LogP contribution in [-0.2, 0) is 4.79 Å². The van der Waals surface area contributed by atoms with E-state index in [9.17, 15) is 4.79 Å². The lowest BCUT2D eigenvalue weighted by molar-refractivity contribution is -0.131. The second-order valence-electron chi connectivity index (χ2n) is 3.27. The standard InChI is InChI=1S/C10H22N2O/c1-3-5-8-12(9-7-11)10(13)6-4-2/h3-9,11H2,1-2H3. The van der Waals surface area contributed by atoms with Crippen molar-refractivity contribution in [3.63, 3.8) is 0 Å². The van der Waals surface area contributed by atoms with E-state index in [4.69, 9.17) is 5.73 Å². The van der Waals surface area contributed by atoms with Crippen LogP contribution in [0.1, 0.15) is 39.5 Å². The van der Waals surface area contributed by atoms with Crippen molar-refractivity contribution in [2.24, 2.45) is 5.73 Å². The Morgan fingerprint density at radius 3 is 2.38 bits per heavy atom. The Hall–Kier alpha value is -0.570. The first-order valence-electron chi connectivity index (χ1n) is 5.24. The van der Waals surface area contributed by atoms with Crippen LogP contribution in [0, 0.1) is 0 Å². The van der Waals surface area contributed by atoms with E-state index in [1.807, 2.05) is 11.8 Å². The minimum atomic E-state index is 0.251. The first-order chi connectivity index (χ1) is 6.26. The first-order valence-corrected chi connectivity index (χ1v) is 5.24. The third-order valence-corrected chi connectivity index (χ3v) is 2.00. The van der Waals surface area contributed by atoms with E-state index in [2.05, 4.69) is 6.92 Å².